The molecule has 0 spiro atoms. The zero-order chi connectivity index (χ0) is 15.1. The molecule has 1 unspecified atom stereocenters. The third kappa shape index (κ3) is 4.85. The van der Waals surface area contributed by atoms with Gasteiger partial charge in [-0.25, -0.2) is 0 Å². The molecular formula is C18H28N2O. The van der Waals surface area contributed by atoms with Gasteiger partial charge in [0.05, 0.1) is 0 Å². The second kappa shape index (κ2) is 8.18. The van der Waals surface area contributed by atoms with Crippen LogP contribution < -0.4 is 5.32 Å². The Labute approximate surface area is 128 Å². The number of nitrogens with one attached hydrogen (secondary N) is 1. The molecule has 0 saturated carbocycles. The van der Waals surface area contributed by atoms with Crippen molar-refractivity contribution in [1.29, 1.82) is 0 Å². The molecule has 1 fully saturated rings. The van der Waals surface area contributed by atoms with Crippen LogP contribution in [0.5, 0.6) is 0 Å². The largest absolute Gasteiger partial charge is 0.326 e. The minimum Gasteiger partial charge on any atom is -0.326 e. The number of rotatable bonds is 6. The van der Waals surface area contributed by atoms with E-state index in [0.717, 1.165) is 25.2 Å². The Morgan fingerprint density at radius 3 is 2.67 bits per heavy atom. The quantitative estimate of drug-likeness (QED) is 0.862. The van der Waals surface area contributed by atoms with E-state index in [-0.39, 0.29) is 5.91 Å². The number of carbonyl (C=O) groups excluding carboxylic acids is 1. The average molecular weight is 288 g/mol. The lowest BCUT2D eigenvalue weighted by Gasteiger charge is -2.35. The van der Waals surface area contributed by atoms with Crippen LogP contribution in [-0.2, 0) is 11.2 Å². The number of hydrogen-bond donors (Lipinski definition) is 1. The number of anilines is 1. The van der Waals surface area contributed by atoms with Gasteiger partial charge in [0.25, 0.3) is 0 Å². The predicted molar refractivity (Wildman–Crippen MR) is 88.6 cm³/mol. The number of likely N-dealkylation sites (tertiary alicyclic amines) is 1. The van der Waals surface area contributed by atoms with Gasteiger partial charge in [0.2, 0.25) is 5.91 Å². The highest BCUT2D eigenvalue weighted by molar-refractivity contribution is 5.90. The summed E-state index contributed by atoms with van der Waals surface area (Å²) in [6.07, 6.45) is 6.71. The van der Waals surface area contributed by atoms with Crippen molar-refractivity contribution >= 4 is 11.6 Å². The van der Waals surface area contributed by atoms with Crippen LogP contribution in [0.3, 0.4) is 0 Å². The number of hydrogen-bond acceptors (Lipinski definition) is 2. The van der Waals surface area contributed by atoms with Gasteiger partial charge in [0, 0.05) is 24.7 Å². The van der Waals surface area contributed by atoms with Crippen LogP contribution in [0.2, 0.25) is 0 Å². The molecular weight excluding hydrogens is 260 g/mol. The maximum absolute atomic E-state index is 12.1. The molecule has 21 heavy (non-hydrogen) atoms. The Kier molecular flexibility index (Phi) is 6.24. The second-order valence-corrected chi connectivity index (χ2v) is 5.94. The maximum atomic E-state index is 12.1. The molecule has 3 nitrogen and oxygen atoms in total. The van der Waals surface area contributed by atoms with Gasteiger partial charge in [-0.3, -0.25) is 9.69 Å². The first-order valence-corrected chi connectivity index (χ1v) is 8.35. The Morgan fingerprint density at radius 1 is 1.24 bits per heavy atom. The lowest BCUT2D eigenvalue weighted by molar-refractivity contribution is -0.116. The Bertz CT molecular complexity index is 441. The van der Waals surface area contributed by atoms with Crippen LogP contribution in [0, 0.1) is 0 Å². The van der Waals surface area contributed by atoms with E-state index in [1.807, 2.05) is 12.1 Å². The summed E-state index contributed by atoms with van der Waals surface area (Å²) >= 11 is 0. The van der Waals surface area contributed by atoms with Crippen molar-refractivity contribution in [2.45, 2.75) is 58.4 Å². The average Bonchev–Trinajstić information content (AvgIpc) is 2.54. The zero-order valence-electron chi connectivity index (χ0n) is 13.4. The van der Waals surface area contributed by atoms with Crippen LogP contribution in [-0.4, -0.2) is 29.9 Å². The highest BCUT2D eigenvalue weighted by Crippen LogP contribution is 2.19. The van der Waals surface area contributed by atoms with E-state index in [4.69, 9.17) is 0 Å². The van der Waals surface area contributed by atoms with Crippen LogP contribution in [0.15, 0.2) is 24.3 Å². The molecule has 1 aromatic rings. The van der Waals surface area contributed by atoms with Crippen molar-refractivity contribution in [1.82, 2.24) is 4.90 Å². The number of carbonyl (C=O) groups is 1. The van der Waals surface area contributed by atoms with E-state index in [0.29, 0.717) is 12.5 Å². The van der Waals surface area contributed by atoms with Gasteiger partial charge in [-0.2, -0.15) is 0 Å². The molecule has 0 aromatic heterocycles. The molecule has 1 amide bonds. The van der Waals surface area contributed by atoms with Gasteiger partial charge in [-0.15, -0.1) is 0 Å². The first-order valence-electron chi connectivity index (χ1n) is 8.35. The highest BCUT2D eigenvalue weighted by Gasteiger charge is 2.20. The minimum absolute atomic E-state index is 0.125. The van der Waals surface area contributed by atoms with Crippen molar-refractivity contribution in [2.24, 2.45) is 0 Å². The summed E-state index contributed by atoms with van der Waals surface area (Å²) in [5, 5.41) is 3.00. The minimum atomic E-state index is 0.125. The van der Waals surface area contributed by atoms with Gasteiger partial charge < -0.3 is 5.32 Å². The van der Waals surface area contributed by atoms with Crippen molar-refractivity contribution in [2.75, 3.05) is 18.4 Å². The Hall–Kier alpha value is -1.35. The zero-order valence-corrected chi connectivity index (χ0v) is 13.4. The summed E-state index contributed by atoms with van der Waals surface area (Å²) in [7, 11) is 0. The number of piperidine rings is 1. The molecule has 0 aliphatic carbocycles. The summed E-state index contributed by atoms with van der Waals surface area (Å²) < 4.78 is 0. The molecule has 0 radical (unpaired) electrons. The van der Waals surface area contributed by atoms with Crippen LogP contribution in [0.1, 0.15) is 51.5 Å². The van der Waals surface area contributed by atoms with Gasteiger partial charge in [-0.1, -0.05) is 32.4 Å². The van der Waals surface area contributed by atoms with Gasteiger partial charge in [0.15, 0.2) is 0 Å². The van der Waals surface area contributed by atoms with Crippen LogP contribution >= 0.6 is 0 Å². The van der Waals surface area contributed by atoms with Crippen molar-refractivity contribution in [3.63, 3.8) is 0 Å². The molecule has 116 valence electrons. The lowest BCUT2D eigenvalue weighted by Crippen LogP contribution is -2.40. The SMILES string of the molecule is CCc1ccc(NC(=O)CCN2CCCCC2CC)cc1. The number of amides is 1. The van der Waals surface area contributed by atoms with Crippen LogP contribution in [0.4, 0.5) is 5.69 Å². The summed E-state index contributed by atoms with van der Waals surface area (Å²) in [6.45, 7) is 6.42. The standard InChI is InChI=1S/C18H28N2O/c1-3-15-8-10-16(11-9-15)19-18(21)12-14-20-13-6-5-7-17(20)4-2/h8-11,17H,3-7,12-14H2,1-2H3,(H,19,21). The van der Waals surface area contributed by atoms with E-state index in [1.165, 1.54) is 31.2 Å². The molecule has 1 heterocycles. The summed E-state index contributed by atoms with van der Waals surface area (Å²) in [6, 6.07) is 8.81. The molecule has 1 N–H and O–H groups in total. The van der Waals surface area contributed by atoms with Gasteiger partial charge in [-0.05, 0) is 49.9 Å². The first-order chi connectivity index (χ1) is 10.2. The smallest absolute Gasteiger partial charge is 0.225 e. The fourth-order valence-corrected chi connectivity index (χ4v) is 3.11. The summed E-state index contributed by atoms with van der Waals surface area (Å²) in [4.78, 5) is 14.6. The highest BCUT2D eigenvalue weighted by atomic mass is 16.1. The number of aryl methyl sites for hydroxylation is 1. The second-order valence-electron chi connectivity index (χ2n) is 5.94. The van der Waals surface area contributed by atoms with E-state index in [2.05, 4.69) is 36.2 Å². The Morgan fingerprint density at radius 2 is 2.00 bits per heavy atom. The monoisotopic (exact) mass is 288 g/mol. The van der Waals surface area contributed by atoms with E-state index >= 15 is 0 Å². The fourth-order valence-electron chi connectivity index (χ4n) is 3.11. The molecule has 1 saturated heterocycles. The van der Waals surface area contributed by atoms with Crippen molar-refractivity contribution < 1.29 is 4.79 Å². The molecule has 2 rings (SSSR count). The van der Waals surface area contributed by atoms with Gasteiger partial charge in [0.1, 0.15) is 0 Å². The van der Waals surface area contributed by atoms with Crippen LogP contribution in [0.25, 0.3) is 0 Å². The third-order valence-corrected chi connectivity index (χ3v) is 4.49. The maximum Gasteiger partial charge on any atom is 0.225 e. The summed E-state index contributed by atoms with van der Waals surface area (Å²) in [5.74, 6) is 0.125. The van der Waals surface area contributed by atoms with Gasteiger partial charge >= 0.3 is 0 Å². The lowest BCUT2D eigenvalue weighted by atomic mass is 10.00. The molecule has 0 bridgehead atoms. The molecule has 3 heteroatoms. The van der Waals surface area contributed by atoms with E-state index in [9.17, 15) is 4.79 Å². The normalized spacial score (nSPS) is 19.4. The fraction of sp³-hybridized carbons (Fsp3) is 0.611. The van der Waals surface area contributed by atoms with Crippen molar-refractivity contribution in [3.8, 4) is 0 Å². The molecule has 1 atom stereocenters. The van der Waals surface area contributed by atoms with E-state index in [1.54, 1.807) is 0 Å². The molecule has 1 aliphatic rings. The van der Waals surface area contributed by atoms with Crippen molar-refractivity contribution in [3.05, 3.63) is 29.8 Å². The molecule has 1 aromatic carbocycles. The predicted octanol–water partition coefficient (Wildman–Crippen LogP) is 3.84. The third-order valence-electron chi connectivity index (χ3n) is 4.49. The van der Waals surface area contributed by atoms with E-state index < -0.39 is 0 Å². The summed E-state index contributed by atoms with van der Waals surface area (Å²) in [5.41, 5.74) is 2.20. The topological polar surface area (TPSA) is 32.3 Å². The number of benzene rings is 1. The first kappa shape index (κ1) is 16.0. The molecule has 1 aliphatic heterocycles. The Balaban J connectivity index is 1.78. The number of nitrogens with zero attached hydrogens (tertiary/aromatic N) is 1.